The average Bonchev–Trinajstić information content (AvgIpc) is 2.50. The van der Waals surface area contributed by atoms with Crippen molar-refractivity contribution in [1.29, 1.82) is 0 Å². The van der Waals surface area contributed by atoms with Crippen molar-refractivity contribution in [3.05, 3.63) is 29.6 Å². The minimum Gasteiger partial charge on any atom is -0.320 e. The van der Waals surface area contributed by atoms with E-state index in [1.807, 2.05) is 6.07 Å². The van der Waals surface area contributed by atoms with Crippen LogP contribution < -0.4 is 0 Å². The molecule has 0 aliphatic carbocycles. The number of rotatable bonds is 0. The van der Waals surface area contributed by atoms with E-state index in [-0.39, 0.29) is 0 Å². The zero-order chi connectivity index (χ0) is 12.0. The topological polar surface area (TPSA) is 17.8 Å². The van der Waals surface area contributed by atoms with Crippen LogP contribution >= 0.6 is 0 Å². The lowest BCUT2D eigenvalue weighted by molar-refractivity contribution is -0.146. The fourth-order valence-corrected chi connectivity index (χ4v) is 2.48. The summed E-state index contributed by atoms with van der Waals surface area (Å²) in [6.07, 6.45) is -1.84. The van der Waals surface area contributed by atoms with Gasteiger partial charge in [0.1, 0.15) is 0 Å². The average molecular weight is 240 g/mol. The SMILES string of the molecule is FC(F)(F)c1nc2cccc3c2n1CCCC3. The molecule has 1 aromatic carbocycles. The van der Waals surface area contributed by atoms with Gasteiger partial charge in [-0.05, 0) is 30.9 Å². The minimum atomic E-state index is -4.37. The molecule has 0 bridgehead atoms. The van der Waals surface area contributed by atoms with E-state index in [0.717, 1.165) is 24.8 Å². The number of benzene rings is 1. The molecule has 0 fully saturated rings. The first kappa shape index (κ1) is 10.6. The van der Waals surface area contributed by atoms with Crippen LogP contribution in [0.5, 0.6) is 0 Å². The molecule has 1 aliphatic heterocycles. The van der Waals surface area contributed by atoms with Crippen molar-refractivity contribution < 1.29 is 13.2 Å². The maximum Gasteiger partial charge on any atom is 0.449 e. The second-order valence-corrected chi connectivity index (χ2v) is 4.33. The Balaban J connectivity index is 2.35. The summed E-state index contributed by atoms with van der Waals surface area (Å²) in [5, 5.41) is 0. The quantitative estimate of drug-likeness (QED) is 0.690. The maximum atomic E-state index is 12.9. The first-order valence-corrected chi connectivity index (χ1v) is 5.63. The van der Waals surface area contributed by atoms with E-state index in [9.17, 15) is 13.2 Å². The highest BCUT2D eigenvalue weighted by Crippen LogP contribution is 2.34. The van der Waals surface area contributed by atoms with Crippen molar-refractivity contribution >= 4 is 11.0 Å². The fourth-order valence-electron chi connectivity index (χ4n) is 2.48. The molecule has 2 heterocycles. The summed E-state index contributed by atoms with van der Waals surface area (Å²) in [5.41, 5.74) is 2.09. The van der Waals surface area contributed by atoms with E-state index in [2.05, 4.69) is 4.98 Å². The molecule has 0 unspecified atom stereocenters. The van der Waals surface area contributed by atoms with E-state index in [0.29, 0.717) is 17.6 Å². The lowest BCUT2D eigenvalue weighted by Crippen LogP contribution is -2.14. The van der Waals surface area contributed by atoms with Crippen molar-refractivity contribution in [3.8, 4) is 0 Å². The maximum absolute atomic E-state index is 12.9. The molecule has 2 nitrogen and oxygen atoms in total. The lowest BCUT2D eigenvalue weighted by Gasteiger charge is -2.09. The van der Waals surface area contributed by atoms with Crippen LogP contribution in [0.25, 0.3) is 11.0 Å². The van der Waals surface area contributed by atoms with Crippen LogP contribution in [-0.2, 0) is 19.1 Å². The predicted molar refractivity (Wildman–Crippen MR) is 57.7 cm³/mol. The zero-order valence-corrected chi connectivity index (χ0v) is 9.09. The standard InChI is InChI=1S/C12H11F3N2/c13-12(14,15)11-16-9-6-3-5-8-4-1-2-7-17(11)10(8)9/h3,5-6H,1-2,4,7H2. The van der Waals surface area contributed by atoms with Gasteiger partial charge in [0, 0.05) is 6.54 Å². The van der Waals surface area contributed by atoms with Gasteiger partial charge in [-0.1, -0.05) is 12.1 Å². The summed E-state index contributed by atoms with van der Waals surface area (Å²) in [7, 11) is 0. The Morgan fingerprint density at radius 3 is 2.76 bits per heavy atom. The van der Waals surface area contributed by atoms with Crippen LogP contribution in [0.15, 0.2) is 18.2 Å². The summed E-state index contributed by atoms with van der Waals surface area (Å²) in [6, 6.07) is 5.32. The molecule has 5 heteroatoms. The van der Waals surface area contributed by atoms with Crippen LogP contribution in [0.2, 0.25) is 0 Å². The van der Waals surface area contributed by atoms with Gasteiger partial charge in [0.25, 0.3) is 0 Å². The highest BCUT2D eigenvalue weighted by molar-refractivity contribution is 5.80. The second-order valence-electron chi connectivity index (χ2n) is 4.33. The van der Waals surface area contributed by atoms with Crippen LogP contribution in [-0.4, -0.2) is 9.55 Å². The molecule has 0 spiro atoms. The first-order chi connectivity index (χ1) is 8.07. The molecule has 90 valence electrons. The van der Waals surface area contributed by atoms with Crippen LogP contribution in [0.1, 0.15) is 24.2 Å². The number of nitrogens with zero attached hydrogens (tertiary/aromatic N) is 2. The third-order valence-electron chi connectivity index (χ3n) is 3.18. The molecule has 0 radical (unpaired) electrons. The van der Waals surface area contributed by atoms with Crippen molar-refractivity contribution in [2.45, 2.75) is 32.0 Å². The third kappa shape index (κ3) is 1.61. The Hall–Kier alpha value is -1.52. The van der Waals surface area contributed by atoms with Crippen molar-refractivity contribution in [2.75, 3.05) is 0 Å². The predicted octanol–water partition coefficient (Wildman–Crippen LogP) is 3.39. The van der Waals surface area contributed by atoms with Gasteiger partial charge in [0.05, 0.1) is 11.0 Å². The molecule has 0 N–H and O–H groups in total. The van der Waals surface area contributed by atoms with Gasteiger partial charge >= 0.3 is 6.18 Å². The van der Waals surface area contributed by atoms with E-state index in [1.54, 1.807) is 12.1 Å². The molecule has 3 rings (SSSR count). The van der Waals surface area contributed by atoms with E-state index >= 15 is 0 Å². The van der Waals surface area contributed by atoms with Crippen molar-refractivity contribution in [1.82, 2.24) is 9.55 Å². The smallest absolute Gasteiger partial charge is 0.320 e. The third-order valence-corrected chi connectivity index (χ3v) is 3.18. The van der Waals surface area contributed by atoms with Crippen molar-refractivity contribution in [3.63, 3.8) is 0 Å². The molecule has 1 aliphatic rings. The Morgan fingerprint density at radius 1 is 1.18 bits per heavy atom. The van der Waals surface area contributed by atoms with Crippen LogP contribution in [0, 0.1) is 0 Å². The molecule has 1 aromatic heterocycles. The summed E-state index contributed by atoms with van der Waals surface area (Å²) >= 11 is 0. The molecule has 0 atom stereocenters. The number of para-hydroxylation sites is 1. The monoisotopic (exact) mass is 240 g/mol. The highest BCUT2D eigenvalue weighted by atomic mass is 19.4. The number of halogens is 3. The van der Waals surface area contributed by atoms with Crippen LogP contribution in [0.3, 0.4) is 0 Å². The Kier molecular flexibility index (Phi) is 2.18. The highest BCUT2D eigenvalue weighted by Gasteiger charge is 2.38. The number of imidazole rings is 1. The minimum absolute atomic E-state index is 0.405. The largest absolute Gasteiger partial charge is 0.449 e. The second kappa shape index (κ2) is 3.48. The Bertz CT molecular complexity index is 569. The Morgan fingerprint density at radius 2 is 2.00 bits per heavy atom. The van der Waals surface area contributed by atoms with E-state index < -0.39 is 12.0 Å². The summed E-state index contributed by atoms with van der Waals surface area (Å²) in [4.78, 5) is 3.74. The molecule has 2 aromatic rings. The molecular formula is C12H11F3N2. The molecule has 0 amide bonds. The van der Waals surface area contributed by atoms with Crippen LogP contribution in [0.4, 0.5) is 13.2 Å². The normalized spacial score (nSPS) is 16.2. The van der Waals surface area contributed by atoms with Gasteiger partial charge in [-0.15, -0.1) is 0 Å². The number of alkyl halides is 3. The number of hydrogen-bond donors (Lipinski definition) is 0. The lowest BCUT2D eigenvalue weighted by atomic mass is 10.1. The van der Waals surface area contributed by atoms with Gasteiger partial charge < -0.3 is 4.57 Å². The number of aromatic nitrogens is 2. The Labute approximate surface area is 96.1 Å². The zero-order valence-electron chi connectivity index (χ0n) is 9.09. The fraction of sp³-hybridized carbons (Fsp3) is 0.417. The van der Waals surface area contributed by atoms with Crippen molar-refractivity contribution in [2.24, 2.45) is 0 Å². The summed E-state index contributed by atoms with van der Waals surface area (Å²) in [6.45, 7) is 0.405. The molecule has 0 saturated carbocycles. The summed E-state index contributed by atoms with van der Waals surface area (Å²) < 4.78 is 40.0. The first-order valence-electron chi connectivity index (χ1n) is 5.63. The molecule has 0 saturated heterocycles. The summed E-state index contributed by atoms with van der Waals surface area (Å²) in [5.74, 6) is -0.762. The van der Waals surface area contributed by atoms with Gasteiger partial charge in [-0.25, -0.2) is 4.98 Å². The van der Waals surface area contributed by atoms with Gasteiger partial charge in [0.2, 0.25) is 5.82 Å². The van der Waals surface area contributed by atoms with E-state index in [1.165, 1.54) is 4.57 Å². The van der Waals surface area contributed by atoms with E-state index in [4.69, 9.17) is 0 Å². The number of aryl methyl sites for hydroxylation is 2. The van der Waals surface area contributed by atoms with Gasteiger partial charge in [0.15, 0.2) is 0 Å². The molecule has 17 heavy (non-hydrogen) atoms. The van der Waals surface area contributed by atoms with Gasteiger partial charge in [-0.3, -0.25) is 0 Å². The molecular weight excluding hydrogens is 229 g/mol. The van der Waals surface area contributed by atoms with Gasteiger partial charge in [-0.2, -0.15) is 13.2 Å². The number of hydrogen-bond acceptors (Lipinski definition) is 1.